The van der Waals surface area contributed by atoms with Crippen molar-refractivity contribution in [3.05, 3.63) is 58.1 Å². The molecule has 0 aliphatic carbocycles. The van der Waals surface area contributed by atoms with Crippen molar-refractivity contribution in [3.8, 4) is 11.5 Å². The van der Waals surface area contributed by atoms with Crippen molar-refractivity contribution in [2.75, 3.05) is 7.11 Å². The van der Waals surface area contributed by atoms with Gasteiger partial charge in [-0.25, -0.2) is 0 Å². The second-order valence-corrected chi connectivity index (χ2v) is 5.96. The molecular weight excluding hydrogens is 330 g/mol. The highest BCUT2D eigenvalue weighted by Gasteiger charge is 2.19. The van der Waals surface area contributed by atoms with E-state index in [1.807, 2.05) is 25.1 Å². The quantitative estimate of drug-likeness (QED) is 0.878. The van der Waals surface area contributed by atoms with Gasteiger partial charge in [-0.2, -0.15) is 0 Å². The van der Waals surface area contributed by atoms with Crippen LogP contribution in [0.2, 0.25) is 0 Å². The maximum Gasteiger partial charge on any atom is 0.139 e. The van der Waals surface area contributed by atoms with Crippen LogP contribution >= 0.6 is 15.9 Å². The van der Waals surface area contributed by atoms with Crippen LogP contribution in [0.4, 0.5) is 0 Å². The van der Waals surface area contributed by atoms with Crippen LogP contribution in [-0.2, 0) is 0 Å². The lowest BCUT2D eigenvalue weighted by molar-refractivity contribution is 0.179. The number of methoxy groups -OCH3 is 1. The summed E-state index contributed by atoms with van der Waals surface area (Å²) in [5.41, 5.74) is 8.38. The molecule has 0 aliphatic heterocycles. The van der Waals surface area contributed by atoms with Crippen LogP contribution < -0.4 is 15.2 Å². The third-order valence-corrected chi connectivity index (χ3v) is 3.90. The number of hydrogen-bond donors (Lipinski definition) is 1. The fourth-order valence-corrected chi connectivity index (χ4v) is 2.53. The summed E-state index contributed by atoms with van der Waals surface area (Å²) in [6.07, 6.45) is -0.199. The molecule has 0 spiro atoms. The van der Waals surface area contributed by atoms with Crippen molar-refractivity contribution in [1.29, 1.82) is 0 Å². The largest absolute Gasteiger partial charge is 0.497 e. The zero-order chi connectivity index (χ0) is 15.4. The van der Waals surface area contributed by atoms with Gasteiger partial charge in [-0.3, -0.25) is 0 Å². The van der Waals surface area contributed by atoms with Gasteiger partial charge in [-0.1, -0.05) is 29.8 Å². The molecule has 2 N–H and O–H groups in total. The molecule has 2 rings (SSSR count). The Labute approximate surface area is 134 Å². The SMILES string of the molecule is COc1ccc(OC(c2ccc(C)cc2)C(C)N)c(Br)c1. The minimum absolute atomic E-state index is 0.123. The molecular formula is C17H20BrNO2. The lowest BCUT2D eigenvalue weighted by Gasteiger charge is -2.24. The maximum absolute atomic E-state index is 6.10. The molecule has 0 fully saturated rings. The fraction of sp³-hybridized carbons (Fsp3) is 0.294. The highest BCUT2D eigenvalue weighted by atomic mass is 79.9. The molecule has 0 bridgehead atoms. The van der Waals surface area contributed by atoms with Crippen LogP contribution in [0.25, 0.3) is 0 Å². The molecule has 0 aromatic heterocycles. The predicted octanol–water partition coefficient (Wildman–Crippen LogP) is 4.23. The summed E-state index contributed by atoms with van der Waals surface area (Å²) in [5, 5.41) is 0. The molecule has 2 atom stereocenters. The lowest BCUT2D eigenvalue weighted by atomic mass is 10.0. The predicted molar refractivity (Wildman–Crippen MR) is 88.9 cm³/mol. The summed E-state index contributed by atoms with van der Waals surface area (Å²) in [7, 11) is 1.64. The Balaban J connectivity index is 2.26. The van der Waals surface area contributed by atoms with E-state index in [1.54, 1.807) is 7.11 Å². The highest BCUT2D eigenvalue weighted by molar-refractivity contribution is 9.10. The van der Waals surface area contributed by atoms with E-state index in [0.29, 0.717) is 0 Å². The van der Waals surface area contributed by atoms with E-state index in [-0.39, 0.29) is 12.1 Å². The van der Waals surface area contributed by atoms with Gasteiger partial charge in [0.2, 0.25) is 0 Å². The van der Waals surface area contributed by atoms with Crippen LogP contribution in [0.15, 0.2) is 46.9 Å². The monoisotopic (exact) mass is 349 g/mol. The second kappa shape index (κ2) is 6.96. The molecule has 0 aliphatic rings. The molecule has 112 valence electrons. The number of hydrogen-bond acceptors (Lipinski definition) is 3. The van der Waals surface area contributed by atoms with E-state index in [2.05, 4.69) is 47.1 Å². The van der Waals surface area contributed by atoms with E-state index in [0.717, 1.165) is 21.5 Å². The fourth-order valence-electron chi connectivity index (χ4n) is 2.08. The normalized spacial score (nSPS) is 13.6. The molecule has 3 nitrogen and oxygen atoms in total. The molecule has 0 saturated heterocycles. The minimum atomic E-state index is -0.199. The van der Waals surface area contributed by atoms with E-state index in [4.69, 9.17) is 15.2 Å². The van der Waals surface area contributed by atoms with Crippen LogP contribution in [0.3, 0.4) is 0 Å². The number of ether oxygens (including phenoxy) is 2. The third-order valence-electron chi connectivity index (χ3n) is 3.28. The van der Waals surface area contributed by atoms with E-state index < -0.39 is 0 Å². The van der Waals surface area contributed by atoms with Gasteiger partial charge in [0.1, 0.15) is 17.6 Å². The van der Waals surface area contributed by atoms with Crippen molar-refractivity contribution in [1.82, 2.24) is 0 Å². The maximum atomic E-state index is 6.10. The average Bonchev–Trinajstić information content (AvgIpc) is 2.46. The van der Waals surface area contributed by atoms with E-state index in [1.165, 1.54) is 5.56 Å². The molecule has 2 unspecified atom stereocenters. The first kappa shape index (κ1) is 15.9. The molecule has 0 amide bonds. The Morgan fingerprint density at radius 2 is 1.76 bits per heavy atom. The molecule has 21 heavy (non-hydrogen) atoms. The number of benzene rings is 2. The Morgan fingerprint density at radius 1 is 1.10 bits per heavy atom. The summed E-state index contributed by atoms with van der Waals surface area (Å²) in [6, 6.07) is 13.8. The molecule has 2 aromatic carbocycles. The van der Waals surface area contributed by atoms with Crippen molar-refractivity contribution in [2.45, 2.75) is 26.0 Å². The first-order valence-corrected chi connectivity index (χ1v) is 7.63. The van der Waals surface area contributed by atoms with Gasteiger partial charge in [-0.15, -0.1) is 0 Å². The molecule has 4 heteroatoms. The third kappa shape index (κ3) is 3.99. The van der Waals surface area contributed by atoms with Gasteiger partial charge in [0.05, 0.1) is 11.6 Å². The number of halogens is 1. The van der Waals surface area contributed by atoms with Crippen LogP contribution in [-0.4, -0.2) is 13.2 Å². The highest BCUT2D eigenvalue weighted by Crippen LogP contribution is 2.33. The van der Waals surface area contributed by atoms with Crippen LogP contribution in [0.1, 0.15) is 24.2 Å². The topological polar surface area (TPSA) is 44.5 Å². The molecule has 0 radical (unpaired) electrons. The van der Waals surface area contributed by atoms with Crippen molar-refractivity contribution < 1.29 is 9.47 Å². The van der Waals surface area contributed by atoms with Gasteiger partial charge in [-0.05, 0) is 53.5 Å². The van der Waals surface area contributed by atoms with Gasteiger partial charge in [0.15, 0.2) is 0 Å². The zero-order valence-electron chi connectivity index (χ0n) is 12.5. The van der Waals surface area contributed by atoms with Crippen molar-refractivity contribution in [3.63, 3.8) is 0 Å². The van der Waals surface area contributed by atoms with Gasteiger partial charge in [0, 0.05) is 6.04 Å². The summed E-state index contributed by atoms with van der Waals surface area (Å²) < 4.78 is 12.1. The first-order chi connectivity index (χ1) is 10.0. The molecule has 0 heterocycles. The smallest absolute Gasteiger partial charge is 0.139 e. The minimum Gasteiger partial charge on any atom is -0.497 e. The lowest BCUT2D eigenvalue weighted by Crippen LogP contribution is -2.29. The average molecular weight is 350 g/mol. The van der Waals surface area contributed by atoms with Gasteiger partial charge in [0.25, 0.3) is 0 Å². The van der Waals surface area contributed by atoms with Gasteiger partial charge >= 0.3 is 0 Å². The Bertz CT molecular complexity index is 596. The number of rotatable bonds is 5. The summed E-state index contributed by atoms with van der Waals surface area (Å²) in [4.78, 5) is 0. The first-order valence-electron chi connectivity index (χ1n) is 6.83. The van der Waals surface area contributed by atoms with Crippen LogP contribution in [0.5, 0.6) is 11.5 Å². The Morgan fingerprint density at radius 3 is 2.29 bits per heavy atom. The number of nitrogens with two attached hydrogens (primary N) is 1. The summed E-state index contributed by atoms with van der Waals surface area (Å²) in [6.45, 7) is 4.01. The number of aryl methyl sites for hydroxylation is 1. The second-order valence-electron chi connectivity index (χ2n) is 5.10. The van der Waals surface area contributed by atoms with Crippen LogP contribution in [0, 0.1) is 6.92 Å². The van der Waals surface area contributed by atoms with Crippen molar-refractivity contribution in [2.24, 2.45) is 5.73 Å². The molecule has 2 aromatic rings. The standard InChI is InChI=1S/C17H20BrNO2/c1-11-4-6-13(7-5-11)17(12(2)19)21-16-9-8-14(20-3)10-15(16)18/h4-10,12,17H,19H2,1-3H3. The molecule has 0 saturated carbocycles. The van der Waals surface area contributed by atoms with E-state index >= 15 is 0 Å². The summed E-state index contributed by atoms with van der Waals surface area (Å²) >= 11 is 3.50. The Hall–Kier alpha value is -1.52. The van der Waals surface area contributed by atoms with E-state index in [9.17, 15) is 0 Å². The zero-order valence-corrected chi connectivity index (χ0v) is 14.1. The van der Waals surface area contributed by atoms with Gasteiger partial charge < -0.3 is 15.2 Å². The summed E-state index contributed by atoms with van der Waals surface area (Å²) in [5.74, 6) is 1.53. The van der Waals surface area contributed by atoms with Crippen molar-refractivity contribution >= 4 is 15.9 Å². The Kier molecular flexibility index (Phi) is 5.26.